The predicted octanol–water partition coefficient (Wildman–Crippen LogP) is -0.196. The largest absolute Gasteiger partial charge is 0.395 e. The Morgan fingerprint density at radius 2 is 1.88 bits per heavy atom. The van der Waals surface area contributed by atoms with Crippen molar-refractivity contribution in [3.8, 4) is 0 Å². The summed E-state index contributed by atoms with van der Waals surface area (Å²) >= 11 is 0. The van der Waals surface area contributed by atoms with Gasteiger partial charge in [-0.25, -0.2) is 0 Å². The average Bonchev–Trinajstić information content (AvgIpc) is 2.26. The number of aliphatic hydroxyl groups is 2. The van der Waals surface area contributed by atoms with Crippen molar-refractivity contribution < 1.29 is 10.2 Å². The molecule has 2 aliphatic rings. The molecule has 1 aliphatic heterocycles. The van der Waals surface area contributed by atoms with E-state index in [1.807, 2.05) is 0 Å². The van der Waals surface area contributed by atoms with Crippen LogP contribution in [0.5, 0.6) is 0 Å². The van der Waals surface area contributed by atoms with Crippen molar-refractivity contribution in [3.63, 3.8) is 0 Å². The minimum atomic E-state index is -0.0979. The molecule has 1 saturated carbocycles. The lowest BCUT2D eigenvalue weighted by atomic mass is 9.86. The van der Waals surface area contributed by atoms with Crippen LogP contribution < -0.4 is 5.32 Å². The fourth-order valence-corrected chi connectivity index (χ4v) is 2.80. The SMILES string of the molecule is OCCN(CC1CCNCC1)[C@H]1C[C@H](O)C1. The van der Waals surface area contributed by atoms with Gasteiger partial charge in [0.2, 0.25) is 0 Å². The van der Waals surface area contributed by atoms with E-state index in [2.05, 4.69) is 10.2 Å². The molecule has 1 aliphatic carbocycles. The molecule has 16 heavy (non-hydrogen) atoms. The number of rotatable bonds is 5. The summed E-state index contributed by atoms with van der Waals surface area (Å²) in [4.78, 5) is 2.38. The lowest BCUT2D eigenvalue weighted by Crippen LogP contribution is -2.50. The van der Waals surface area contributed by atoms with Gasteiger partial charge >= 0.3 is 0 Å². The van der Waals surface area contributed by atoms with E-state index in [4.69, 9.17) is 5.11 Å². The quantitative estimate of drug-likeness (QED) is 0.610. The first-order chi connectivity index (χ1) is 7.79. The van der Waals surface area contributed by atoms with E-state index >= 15 is 0 Å². The van der Waals surface area contributed by atoms with Gasteiger partial charge in [-0.2, -0.15) is 0 Å². The summed E-state index contributed by atoms with van der Waals surface area (Å²) in [6.07, 6.45) is 4.18. The molecule has 2 fully saturated rings. The number of hydrogen-bond donors (Lipinski definition) is 3. The van der Waals surface area contributed by atoms with Gasteiger partial charge in [0.1, 0.15) is 0 Å². The molecule has 94 valence electrons. The predicted molar refractivity (Wildman–Crippen MR) is 63.3 cm³/mol. The second kappa shape index (κ2) is 5.96. The average molecular weight is 228 g/mol. The van der Waals surface area contributed by atoms with E-state index in [0.29, 0.717) is 6.04 Å². The minimum Gasteiger partial charge on any atom is -0.395 e. The van der Waals surface area contributed by atoms with Gasteiger partial charge < -0.3 is 15.5 Å². The summed E-state index contributed by atoms with van der Waals surface area (Å²) < 4.78 is 0. The van der Waals surface area contributed by atoms with Crippen LogP contribution in [0.2, 0.25) is 0 Å². The zero-order valence-electron chi connectivity index (χ0n) is 9.94. The van der Waals surface area contributed by atoms with Crippen LogP contribution >= 0.6 is 0 Å². The number of nitrogens with zero attached hydrogens (tertiary/aromatic N) is 1. The number of nitrogens with one attached hydrogen (secondary N) is 1. The Morgan fingerprint density at radius 1 is 1.19 bits per heavy atom. The van der Waals surface area contributed by atoms with Gasteiger partial charge in [-0.05, 0) is 44.7 Å². The molecule has 1 heterocycles. The Hall–Kier alpha value is -0.160. The van der Waals surface area contributed by atoms with Crippen molar-refractivity contribution in [1.82, 2.24) is 10.2 Å². The molecule has 2 rings (SSSR count). The third kappa shape index (κ3) is 3.17. The van der Waals surface area contributed by atoms with E-state index in [-0.39, 0.29) is 12.7 Å². The molecule has 0 radical (unpaired) electrons. The number of aliphatic hydroxyl groups excluding tert-OH is 2. The summed E-state index contributed by atoms with van der Waals surface area (Å²) in [7, 11) is 0. The van der Waals surface area contributed by atoms with Crippen molar-refractivity contribution in [3.05, 3.63) is 0 Å². The Labute approximate surface area is 97.6 Å². The Balaban J connectivity index is 1.77. The third-order valence-electron chi connectivity index (χ3n) is 3.94. The summed E-state index contributed by atoms with van der Waals surface area (Å²) in [5.74, 6) is 0.769. The highest BCUT2D eigenvalue weighted by Gasteiger charge is 2.33. The fourth-order valence-electron chi connectivity index (χ4n) is 2.80. The molecule has 0 aromatic rings. The summed E-state index contributed by atoms with van der Waals surface area (Å²) in [6.45, 7) is 4.36. The van der Waals surface area contributed by atoms with Gasteiger partial charge in [-0.1, -0.05) is 0 Å². The van der Waals surface area contributed by atoms with E-state index in [1.54, 1.807) is 0 Å². The molecule has 4 heteroatoms. The van der Waals surface area contributed by atoms with Crippen molar-refractivity contribution in [2.45, 2.75) is 37.8 Å². The minimum absolute atomic E-state index is 0.0979. The Morgan fingerprint density at radius 3 is 2.44 bits per heavy atom. The van der Waals surface area contributed by atoms with E-state index in [9.17, 15) is 5.11 Å². The molecule has 3 N–H and O–H groups in total. The molecule has 0 amide bonds. The Bertz CT molecular complexity index is 199. The lowest BCUT2D eigenvalue weighted by Gasteiger charge is -2.42. The molecule has 0 bridgehead atoms. The molecule has 1 saturated heterocycles. The topological polar surface area (TPSA) is 55.7 Å². The highest BCUT2D eigenvalue weighted by Crippen LogP contribution is 2.27. The van der Waals surface area contributed by atoms with Gasteiger partial charge in [0.15, 0.2) is 0 Å². The van der Waals surface area contributed by atoms with Crippen LogP contribution in [0, 0.1) is 5.92 Å². The summed E-state index contributed by atoms with van der Waals surface area (Å²) in [5, 5.41) is 21.8. The van der Waals surface area contributed by atoms with Crippen molar-refractivity contribution in [1.29, 1.82) is 0 Å². The highest BCUT2D eigenvalue weighted by molar-refractivity contribution is 4.88. The van der Waals surface area contributed by atoms with Crippen molar-refractivity contribution in [2.75, 3.05) is 32.8 Å². The molecular weight excluding hydrogens is 204 g/mol. The zero-order valence-corrected chi connectivity index (χ0v) is 9.94. The maximum absolute atomic E-state index is 9.34. The molecular formula is C12H24N2O2. The van der Waals surface area contributed by atoms with Gasteiger partial charge in [-0.3, -0.25) is 4.90 Å². The van der Waals surface area contributed by atoms with Crippen LogP contribution in [0.3, 0.4) is 0 Å². The third-order valence-corrected chi connectivity index (χ3v) is 3.94. The smallest absolute Gasteiger partial charge is 0.0570 e. The molecule has 0 aromatic heterocycles. The van der Waals surface area contributed by atoms with E-state index in [1.165, 1.54) is 12.8 Å². The molecule has 0 atom stereocenters. The first-order valence-corrected chi connectivity index (χ1v) is 6.53. The van der Waals surface area contributed by atoms with Crippen LogP contribution in [-0.2, 0) is 0 Å². The van der Waals surface area contributed by atoms with Crippen molar-refractivity contribution >= 4 is 0 Å². The van der Waals surface area contributed by atoms with E-state index in [0.717, 1.165) is 44.9 Å². The summed E-state index contributed by atoms with van der Waals surface area (Å²) in [6, 6.07) is 0.511. The van der Waals surface area contributed by atoms with Crippen LogP contribution in [0.15, 0.2) is 0 Å². The van der Waals surface area contributed by atoms with E-state index < -0.39 is 0 Å². The van der Waals surface area contributed by atoms with Crippen LogP contribution in [-0.4, -0.2) is 60.0 Å². The van der Waals surface area contributed by atoms with Gasteiger partial charge in [0.25, 0.3) is 0 Å². The normalized spacial score (nSPS) is 31.7. The van der Waals surface area contributed by atoms with Crippen LogP contribution in [0.4, 0.5) is 0 Å². The van der Waals surface area contributed by atoms with Crippen molar-refractivity contribution in [2.24, 2.45) is 5.92 Å². The molecule has 0 spiro atoms. The number of piperidine rings is 1. The molecule has 0 aromatic carbocycles. The van der Waals surface area contributed by atoms with Gasteiger partial charge in [0.05, 0.1) is 12.7 Å². The maximum atomic E-state index is 9.34. The molecule has 4 nitrogen and oxygen atoms in total. The monoisotopic (exact) mass is 228 g/mol. The molecule has 0 unspecified atom stereocenters. The lowest BCUT2D eigenvalue weighted by molar-refractivity contribution is -0.0120. The summed E-state index contributed by atoms with van der Waals surface area (Å²) in [5.41, 5.74) is 0. The first-order valence-electron chi connectivity index (χ1n) is 6.53. The van der Waals surface area contributed by atoms with Gasteiger partial charge in [-0.15, -0.1) is 0 Å². The fraction of sp³-hybridized carbons (Fsp3) is 1.00. The zero-order chi connectivity index (χ0) is 11.4. The highest BCUT2D eigenvalue weighted by atomic mass is 16.3. The number of hydrogen-bond acceptors (Lipinski definition) is 4. The van der Waals surface area contributed by atoms with Crippen LogP contribution in [0.25, 0.3) is 0 Å². The first kappa shape index (κ1) is 12.3. The second-order valence-corrected chi connectivity index (χ2v) is 5.19. The van der Waals surface area contributed by atoms with Gasteiger partial charge in [0, 0.05) is 19.1 Å². The standard InChI is InChI=1S/C12H24N2O2/c15-6-5-14(11-7-12(16)8-11)9-10-1-3-13-4-2-10/h10-13,15-16H,1-9H2/t11-,12-. The second-order valence-electron chi connectivity index (χ2n) is 5.19. The Kier molecular flexibility index (Phi) is 4.58. The van der Waals surface area contributed by atoms with Crippen LogP contribution in [0.1, 0.15) is 25.7 Å². The maximum Gasteiger partial charge on any atom is 0.0570 e.